The number of piperidine rings is 1. The van der Waals surface area contributed by atoms with Crippen LogP contribution in [0.3, 0.4) is 0 Å². The van der Waals surface area contributed by atoms with E-state index in [0.29, 0.717) is 12.0 Å². The van der Waals surface area contributed by atoms with E-state index in [9.17, 15) is 8.42 Å². The van der Waals surface area contributed by atoms with Crippen molar-refractivity contribution in [3.8, 4) is 0 Å². The lowest BCUT2D eigenvalue weighted by Crippen LogP contribution is -2.45. The van der Waals surface area contributed by atoms with E-state index in [4.69, 9.17) is 0 Å². The summed E-state index contributed by atoms with van der Waals surface area (Å²) in [6.07, 6.45) is 6.63. The highest BCUT2D eigenvalue weighted by atomic mass is 32.2. The maximum absolute atomic E-state index is 15.3. The molecule has 1 unspecified atom stereocenters. The zero-order chi connectivity index (χ0) is 24.6. The zero-order valence-corrected chi connectivity index (χ0v) is 21.0. The predicted octanol–water partition coefficient (Wildman–Crippen LogP) is 4.49. The van der Waals surface area contributed by atoms with Crippen LogP contribution in [-0.2, 0) is 22.1 Å². The summed E-state index contributed by atoms with van der Waals surface area (Å²) in [5.41, 5.74) is 1.98. The van der Waals surface area contributed by atoms with Crippen LogP contribution in [0.1, 0.15) is 55.9 Å². The quantitative estimate of drug-likeness (QED) is 0.520. The average molecular weight is 498 g/mol. The maximum Gasteiger partial charge on any atom is 0.221 e. The van der Waals surface area contributed by atoms with Crippen molar-refractivity contribution < 1.29 is 12.8 Å². The summed E-state index contributed by atoms with van der Waals surface area (Å²) in [6.45, 7) is 5.74. The third-order valence-electron chi connectivity index (χ3n) is 7.81. The molecule has 3 heterocycles. The van der Waals surface area contributed by atoms with Crippen molar-refractivity contribution in [3.05, 3.63) is 78.1 Å². The molecule has 0 N–H and O–H groups in total. The van der Waals surface area contributed by atoms with Gasteiger partial charge in [-0.2, -0.15) is 4.31 Å². The first-order chi connectivity index (χ1) is 16.8. The van der Waals surface area contributed by atoms with Crippen molar-refractivity contribution in [2.24, 2.45) is 0 Å². The molecule has 1 aromatic heterocycles. The molecule has 2 atom stereocenters. The molecule has 9 heteroatoms. The van der Waals surface area contributed by atoms with Crippen molar-refractivity contribution in [1.29, 1.82) is 0 Å². The molecule has 7 nitrogen and oxygen atoms in total. The van der Waals surface area contributed by atoms with Crippen molar-refractivity contribution in [3.63, 3.8) is 0 Å². The Morgan fingerprint density at radius 3 is 2.37 bits per heavy atom. The highest BCUT2D eigenvalue weighted by Gasteiger charge is 2.40. The summed E-state index contributed by atoms with van der Waals surface area (Å²) in [6, 6.07) is 14.4. The van der Waals surface area contributed by atoms with E-state index in [1.807, 2.05) is 43.3 Å². The van der Waals surface area contributed by atoms with E-state index >= 15 is 4.39 Å². The first-order valence-electron chi connectivity index (χ1n) is 12.2. The number of rotatable bonds is 5. The van der Waals surface area contributed by atoms with Gasteiger partial charge in [0.05, 0.1) is 0 Å². The molecule has 0 saturated carbocycles. The lowest BCUT2D eigenvalue weighted by atomic mass is 9.89. The van der Waals surface area contributed by atoms with Gasteiger partial charge in [0.25, 0.3) is 0 Å². The number of sulfonamides is 1. The fourth-order valence-corrected chi connectivity index (χ4v) is 7.55. The largest absolute Gasteiger partial charge is 0.371 e. The van der Waals surface area contributed by atoms with Crippen LogP contribution in [0.5, 0.6) is 0 Å². The Balaban J connectivity index is 1.31. The molecule has 2 aliphatic rings. The number of halogens is 1. The predicted molar refractivity (Wildman–Crippen MR) is 134 cm³/mol. The number of anilines is 1. The standard InChI is InChI=1S/C26H32FN5O2S/c1-20-8-11-25(21-6-4-3-5-7-21)35(33,34)32(20)17-22-9-10-23(16-24(22)27)30-14-12-26(2,13-15-30)31-18-28-29-19-31/h3-7,9-10,16,18-20,25H,8,11-15,17H2,1-2H3/t20-,25?/m0/s1. The van der Waals surface area contributed by atoms with E-state index in [2.05, 4.69) is 26.6 Å². The summed E-state index contributed by atoms with van der Waals surface area (Å²) < 4.78 is 45.8. The normalized spacial score (nSPS) is 24.4. The van der Waals surface area contributed by atoms with Gasteiger partial charge in [-0.05, 0) is 57.2 Å². The molecule has 0 amide bonds. The number of hydrogen-bond donors (Lipinski definition) is 0. The van der Waals surface area contributed by atoms with Gasteiger partial charge in [0.2, 0.25) is 10.0 Å². The summed E-state index contributed by atoms with van der Waals surface area (Å²) in [5, 5.41) is 7.27. The van der Waals surface area contributed by atoms with Gasteiger partial charge in [0.1, 0.15) is 23.7 Å². The van der Waals surface area contributed by atoms with Crippen LogP contribution < -0.4 is 4.90 Å². The Morgan fingerprint density at radius 1 is 1.03 bits per heavy atom. The van der Waals surface area contributed by atoms with Crippen molar-refractivity contribution in [1.82, 2.24) is 19.1 Å². The lowest BCUT2D eigenvalue weighted by Gasteiger charge is -2.41. The molecule has 2 aliphatic heterocycles. The fourth-order valence-electron chi connectivity index (χ4n) is 5.37. The summed E-state index contributed by atoms with van der Waals surface area (Å²) in [5.74, 6) is -0.362. The first kappa shape index (κ1) is 23.9. The lowest BCUT2D eigenvalue weighted by molar-refractivity contribution is 0.247. The molecular weight excluding hydrogens is 465 g/mol. The van der Waals surface area contributed by atoms with Crippen LogP contribution in [0.25, 0.3) is 0 Å². The van der Waals surface area contributed by atoms with Crippen LogP contribution >= 0.6 is 0 Å². The molecule has 35 heavy (non-hydrogen) atoms. The van der Waals surface area contributed by atoms with Gasteiger partial charge in [-0.3, -0.25) is 0 Å². The van der Waals surface area contributed by atoms with Crippen LogP contribution in [0.15, 0.2) is 61.2 Å². The number of aromatic nitrogens is 3. The van der Waals surface area contributed by atoms with Gasteiger partial charge in [0, 0.05) is 42.5 Å². The Morgan fingerprint density at radius 2 is 1.71 bits per heavy atom. The van der Waals surface area contributed by atoms with E-state index in [1.165, 1.54) is 4.31 Å². The van der Waals surface area contributed by atoms with Gasteiger partial charge in [0.15, 0.2) is 0 Å². The van der Waals surface area contributed by atoms with Crippen LogP contribution in [-0.4, -0.2) is 46.6 Å². The summed E-state index contributed by atoms with van der Waals surface area (Å²) in [4.78, 5) is 2.19. The molecule has 2 aromatic carbocycles. The smallest absolute Gasteiger partial charge is 0.221 e. The highest BCUT2D eigenvalue weighted by molar-refractivity contribution is 7.89. The molecule has 0 bridgehead atoms. The van der Waals surface area contributed by atoms with Crippen LogP contribution in [0.2, 0.25) is 0 Å². The molecule has 2 saturated heterocycles. The van der Waals surface area contributed by atoms with Gasteiger partial charge in [-0.1, -0.05) is 36.4 Å². The number of hydrogen-bond acceptors (Lipinski definition) is 5. The number of benzene rings is 2. The van der Waals surface area contributed by atoms with E-state index in [1.54, 1.807) is 24.8 Å². The fraction of sp³-hybridized carbons (Fsp3) is 0.462. The van der Waals surface area contributed by atoms with E-state index < -0.39 is 15.3 Å². The highest BCUT2D eigenvalue weighted by Crippen LogP contribution is 2.38. The van der Waals surface area contributed by atoms with E-state index in [-0.39, 0.29) is 23.9 Å². The molecule has 5 rings (SSSR count). The SMILES string of the molecule is C[C@H]1CCC(c2ccccc2)S(=O)(=O)N1Cc1ccc(N2CCC(C)(n3cnnc3)CC2)cc1F. The minimum atomic E-state index is -3.60. The Hall–Kier alpha value is -2.78. The second-order valence-corrected chi connectivity index (χ2v) is 12.1. The molecule has 2 fully saturated rings. The topological polar surface area (TPSA) is 71.3 Å². The molecule has 3 aromatic rings. The Bertz CT molecular complexity index is 1260. The van der Waals surface area contributed by atoms with Crippen LogP contribution in [0.4, 0.5) is 10.1 Å². The minimum Gasteiger partial charge on any atom is -0.371 e. The van der Waals surface area contributed by atoms with Gasteiger partial charge in [-0.15, -0.1) is 10.2 Å². The summed E-state index contributed by atoms with van der Waals surface area (Å²) in [7, 11) is -3.60. The Labute approximate surface area is 206 Å². The summed E-state index contributed by atoms with van der Waals surface area (Å²) >= 11 is 0. The monoisotopic (exact) mass is 497 g/mol. The Kier molecular flexibility index (Phi) is 6.40. The molecule has 0 radical (unpaired) electrons. The van der Waals surface area contributed by atoms with Crippen LogP contribution in [0, 0.1) is 5.82 Å². The molecular formula is C26H32FN5O2S. The van der Waals surface area contributed by atoms with Crippen molar-refractivity contribution in [2.45, 2.75) is 62.9 Å². The number of nitrogens with zero attached hydrogens (tertiary/aromatic N) is 5. The van der Waals surface area contributed by atoms with Crippen molar-refractivity contribution >= 4 is 15.7 Å². The van der Waals surface area contributed by atoms with Gasteiger partial charge >= 0.3 is 0 Å². The molecule has 186 valence electrons. The third kappa shape index (κ3) is 4.59. The maximum atomic E-state index is 15.3. The van der Waals surface area contributed by atoms with Gasteiger partial charge < -0.3 is 9.47 Å². The van der Waals surface area contributed by atoms with Gasteiger partial charge in [-0.25, -0.2) is 12.8 Å². The second-order valence-electron chi connectivity index (χ2n) is 10.0. The average Bonchev–Trinajstić information content (AvgIpc) is 3.40. The molecule has 0 aliphatic carbocycles. The molecule has 0 spiro atoms. The van der Waals surface area contributed by atoms with Crippen molar-refractivity contribution in [2.75, 3.05) is 18.0 Å². The second kappa shape index (κ2) is 9.35. The minimum absolute atomic E-state index is 0.0463. The van der Waals surface area contributed by atoms with E-state index in [0.717, 1.165) is 43.6 Å². The third-order valence-corrected chi connectivity index (χ3v) is 10.2. The zero-order valence-electron chi connectivity index (χ0n) is 20.2. The first-order valence-corrected chi connectivity index (χ1v) is 13.7.